The summed E-state index contributed by atoms with van der Waals surface area (Å²) in [5.74, 6) is 0. The Labute approximate surface area is 232 Å². The fourth-order valence-corrected chi connectivity index (χ4v) is 6.76. The summed E-state index contributed by atoms with van der Waals surface area (Å²) in [6.07, 6.45) is 0. The summed E-state index contributed by atoms with van der Waals surface area (Å²) in [5.41, 5.74) is 12.2. The molecule has 38 heavy (non-hydrogen) atoms. The third kappa shape index (κ3) is 3.50. The van der Waals surface area contributed by atoms with E-state index in [-0.39, 0.29) is 0 Å². The average molecular weight is 550 g/mol. The van der Waals surface area contributed by atoms with Crippen LogP contribution in [-0.4, -0.2) is 0 Å². The molecule has 6 aromatic carbocycles. The number of hydrogen-bond donors (Lipinski definition) is 0. The van der Waals surface area contributed by atoms with Crippen molar-refractivity contribution in [2.75, 3.05) is 0 Å². The highest BCUT2D eigenvalue weighted by Crippen LogP contribution is 2.58. The van der Waals surface area contributed by atoms with E-state index in [9.17, 15) is 0 Å². The highest BCUT2D eigenvalue weighted by molar-refractivity contribution is 9.10. The predicted octanol–water partition coefficient (Wildman–Crippen LogP) is 10.1. The van der Waals surface area contributed by atoms with E-state index in [1.165, 1.54) is 55.6 Å². The summed E-state index contributed by atoms with van der Waals surface area (Å²) in [6, 6.07) is 55.1. The molecular formula is C37H25Br. The maximum Gasteiger partial charge on any atom is 0.0714 e. The second-order valence-electron chi connectivity index (χ2n) is 9.85. The van der Waals surface area contributed by atoms with Gasteiger partial charge in [0.15, 0.2) is 0 Å². The van der Waals surface area contributed by atoms with Gasteiger partial charge >= 0.3 is 0 Å². The lowest BCUT2D eigenvalue weighted by Gasteiger charge is -2.34. The first-order valence-corrected chi connectivity index (χ1v) is 13.8. The van der Waals surface area contributed by atoms with Crippen molar-refractivity contribution in [2.24, 2.45) is 0 Å². The molecule has 1 aliphatic carbocycles. The Hall–Kier alpha value is -4.20. The highest BCUT2D eigenvalue weighted by atomic mass is 79.9. The zero-order valence-electron chi connectivity index (χ0n) is 20.8. The minimum Gasteiger partial charge on any atom is -0.0622 e. The van der Waals surface area contributed by atoms with Crippen molar-refractivity contribution in [3.63, 3.8) is 0 Å². The molecule has 0 spiro atoms. The molecule has 0 bridgehead atoms. The van der Waals surface area contributed by atoms with Crippen LogP contribution in [0.5, 0.6) is 0 Å². The van der Waals surface area contributed by atoms with Gasteiger partial charge < -0.3 is 0 Å². The summed E-state index contributed by atoms with van der Waals surface area (Å²) in [4.78, 5) is 0. The van der Waals surface area contributed by atoms with Crippen molar-refractivity contribution in [2.45, 2.75) is 5.41 Å². The Morgan fingerprint density at radius 2 is 0.947 bits per heavy atom. The van der Waals surface area contributed by atoms with Gasteiger partial charge in [0.1, 0.15) is 0 Å². The van der Waals surface area contributed by atoms with Gasteiger partial charge in [-0.15, -0.1) is 0 Å². The van der Waals surface area contributed by atoms with Crippen LogP contribution in [-0.2, 0) is 5.41 Å². The average Bonchev–Trinajstić information content (AvgIpc) is 3.30. The summed E-state index contributed by atoms with van der Waals surface area (Å²) in [6.45, 7) is 0. The van der Waals surface area contributed by atoms with Crippen LogP contribution in [0.2, 0.25) is 0 Å². The highest BCUT2D eigenvalue weighted by Gasteiger charge is 2.46. The van der Waals surface area contributed by atoms with Crippen LogP contribution >= 0.6 is 15.9 Å². The molecule has 0 N–H and O–H groups in total. The van der Waals surface area contributed by atoms with Gasteiger partial charge in [-0.1, -0.05) is 155 Å². The van der Waals surface area contributed by atoms with Crippen LogP contribution in [0.15, 0.2) is 156 Å². The van der Waals surface area contributed by atoms with Crippen molar-refractivity contribution in [1.82, 2.24) is 0 Å². The van der Waals surface area contributed by atoms with E-state index in [1.807, 2.05) is 0 Å². The maximum absolute atomic E-state index is 3.91. The van der Waals surface area contributed by atoms with Crippen molar-refractivity contribution in [3.8, 4) is 33.4 Å². The Kier molecular flexibility index (Phi) is 5.60. The number of hydrogen-bond acceptors (Lipinski definition) is 0. The smallest absolute Gasteiger partial charge is 0.0622 e. The minimum absolute atomic E-state index is 0.435. The van der Waals surface area contributed by atoms with Crippen molar-refractivity contribution in [1.29, 1.82) is 0 Å². The molecule has 180 valence electrons. The summed E-state index contributed by atoms with van der Waals surface area (Å²) >= 11 is 3.91. The number of benzene rings is 6. The van der Waals surface area contributed by atoms with E-state index in [1.54, 1.807) is 0 Å². The molecule has 1 atom stereocenters. The first kappa shape index (κ1) is 23.0. The van der Waals surface area contributed by atoms with E-state index >= 15 is 0 Å². The number of fused-ring (bicyclic) bond motifs is 3. The van der Waals surface area contributed by atoms with Crippen LogP contribution in [0, 0.1) is 0 Å². The van der Waals surface area contributed by atoms with Gasteiger partial charge in [0, 0.05) is 10.0 Å². The van der Waals surface area contributed by atoms with Crippen LogP contribution in [0.25, 0.3) is 33.4 Å². The van der Waals surface area contributed by atoms with Crippen LogP contribution in [0.4, 0.5) is 0 Å². The Morgan fingerprint density at radius 3 is 1.68 bits per heavy atom. The predicted molar refractivity (Wildman–Crippen MR) is 162 cm³/mol. The summed E-state index contributed by atoms with van der Waals surface area (Å²) in [7, 11) is 0. The standard InChI is InChI=1S/C37H25Br/c38-35-20-10-19-34-36(35)32-17-7-8-18-33(32)37(34,30-23-21-28(22-24-30)26-11-3-1-4-12-26)31-16-9-15-29(25-31)27-13-5-2-6-14-27/h1-25H. The van der Waals surface area contributed by atoms with E-state index in [0.717, 1.165) is 4.47 Å². The van der Waals surface area contributed by atoms with Crippen molar-refractivity contribution >= 4 is 15.9 Å². The van der Waals surface area contributed by atoms with Crippen LogP contribution in [0.3, 0.4) is 0 Å². The molecule has 0 aromatic heterocycles. The minimum atomic E-state index is -0.435. The third-order valence-electron chi connectivity index (χ3n) is 7.85. The van der Waals surface area contributed by atoms with E-state index in [0.29, 0.717) is 0 Å². The first-order chi connectivity index (χ1) is 18.8. The van der Waals surface area contributed by atoms with Gasteiger partial charge in [0.05, 0.1) is 5.41 Å². The zero-order valence-corrected chi connectivity index (χ0v) is 22.4. The van der Waals surface area contributed by atoms with Gasteiger partial charge in [-0.05, 0) is 62.2 Å². The topological polar surface area (TPSA) is 0 Å². The second-order valence-corrected chi connectivity index (χ2v) is 10.7. The number of rotatable bonds is 4. The van der Waals surface area contributed by atoms with Crippen LogP contribution < -0.4 is 0 Å². The second kappa shape index (κ2) is 9.28. The van der Waals surface area contributed by atoms with E-state index in [4.69, 9.17) is 0 Å². The maximum atomic E-state index is 3.91. The van der Waals surface area contributed by atoms with Gasteiger partial charge in [-0.25, -0.2) is 0 Å². The summed E-state index contributed by atoms with van der Waals surface area (Å²) < 4.78 is 1.13. The van der Waals surface area contributed by atoms with Crippen molar-refractivity contribution < 1.29 is 0 Å². The molecule has 0 aliphatic heterocycles. The molecular weight excluding hydrogens is 524 g/mol. The molecule has 0 radical (unpaired) electrons. The van der Waals surface area contributed by atoms with Crippen LogP contribution in [0.1, 0.15) is 22.3 Å². The Morgan fingerprint density at radius 1 is 0.395 bits per heavy atom. The fourth-order valence-electron chi connectivity index (χ4n) is 6.18. The summed E-state index contributed by atoms with van der Waals surface area (Å²) in [5, 5.41) is 0. The lowest BCUT2D eigenvalue weighted by atomic mass is 9.67. The van der Waals surface area contributed by atoms with Gasteiger partial charge in [0.25, 0.3) is 0 Å². The molecule has 0 saturated heterocycles. The molecule has 1 heteroatoms. The lowest BCUT2D eigenvalue weighted by Crippen LogP contribution is -2.28. The monoisotopic (exact) mass is 548 g/mol. The molecule has 0 fully saturated rings. The number of halogens is 1. The Bertz CT molecular complexity index is 1750. The van der Waals surface area contributed by atoms with E-state index < -0.39 is 5.41 Å². The molecule has 0 saturated carbocycles. The molecule has 0 amide bonds. The van der Waals surface area contributed by atoms with E-state index in [2.05, 4.69) is 168 Å². The molecule has 7 rings (SSSR count). The largest absolute Gasteiger partial charge is 0.0714 e. The molecule has 0 heterocycles. The molecule has 6 aromatic rings. The first-order valence-electron chi connectivity index (χ1n) is 13.0. The van der Waals surface area contributed by atoms with Gasteiger partial charge in [-0.2, -0.15) is 0 Å². The van der Waals surface area contributed by atoms with Gasteiger partial charge in [0.2, 0.25) is 0 Å². The molecule has 0 nitrogen and oxygen atoms in total. The normalized spacial score (nSPS) is 15.6. The lowest BCUT2D eigenvalue weighted by molar-refractivity contribution is 0.768. The Balaban J connectivity index is 1.53. The fraction of sp³-hybridized carbons (Fsp3) is 0.0270. The van der Waals surface area contributed by atoms with Gasteiger partial charge in [-0.3, -0.25) is 0 Å². The quantitative estimate of drug-likeness (QED) is 0.205. The molecule has 1 aliphatic rings. The third-order valence-corrected chi connectivity index (χ3v) is 8.51. The molecule has 1 unspecified atom stereocenters. The van der Waals surface area contributed by atoms with Crippen molar-refractivity contribution in [3.05, 3.63) is 178 Å². The zero-order chi connectivity index (χ0) is 25.5. The SMILES string of the molecule is Brc1cccc2c1-c1ccccc1C2(c1ccc(-c2ccccc2)cc1)c1cccc(-c2ccccc2)c1.